The Morgan fingerprint density at radius 3 is 2.78 bits per heavy atom. The minimum atomic E-state index is -0.432. The number of halogens is 1. The zero-order valence-electron chi connectivity index (χ0n) is 10.5. The summed E-state index contributed by atoms with van der Waals surface area (Å²) in [6.45, 7) is 2.06. The van der Waals surface area contributed by atoms with Crippen LogP contribution in [0, 0.1) is 10.1 Å². The number of anilines is 1. The van der Waals surface area contributed by atoms with Crippen molar-refractivity contribution in [2.45, 2.75) is 12.5 Å². The molecule has 1 saturated heterocycles. The molecule has 1 aromatic carbocycles. The topological polar surface area (TPSA) is 49.6 Å². The lowest BCUT2D eigenvalue weighted by molar-refractivity contribution is -0.384. The zero-order valence-corrected chi connectivity index (χ0v) is 11.2. The highest BCUT2D eigenvalue weighted by Gasteiger charge is 2.25. The molecule has 0 N–H and O–H groups in total. The first-order valence-electron chi connectivity index (χ1n) is 5.84. The smallest absolute Gasteiger partial charge is 0.271 e. The number of hydrogen-bond donors (Lipinski definition) is 0. The third-order valence-corrected chi connectivity index (χ3v) is 3.74. The molecule has 18 heavy (non-hydrogen) atoms. The average molecular weight is 270 g/mol. The Morgan fingerprint density at radius 2 is 2.28 bits per heavy atom. The van der Waals surface area contributed by atoms with Gasteiger partial charge in [-0.15, -0.1) is 0 Å². The highest BCUT2D eigenvalue weighted by molar-refractivity contribution is 6.33. The number of likely N-dealkylation sites (tertiary alicyclic amines) is 1. The van der Waals surface area contributed by atoms with Gasteiger partial charge in [-0.1, -0.05) is 11.6 Å². The van der Waals surface area contributed by atoms with Gasteiger partial charge in [-0.2, -0.15) is 0 Å². The van der Waals surface area contributed by atoms with Crippen LogP contribution in [0.2, 0.25) is 5.02 Å². The molecule has 98 valence electrons. The van der Waals surface area contributed by atoms with Crippen molar-refractivity contribution in [3.05, 3.63) is 33.3 Å². The summed E-state index contributed by atoms with van der Waals surface area (Å²) in [5.41, 5.74) is 0.878. The fourth-order valence-electron chi connectivity index (χ4n) is 2.32. The van der Waals surface area contributed by atoms with E-state index >= 15 is 0 Å². The molecule has 0 saturated carbocycles. The second-order valence-corrected chi connectivity index (χ2v) is 5.12. The number of benzene rings is 1. The predicted molar refractivity (Wildman–Crippen MR) is 72.4 cm³/mol. The Labute approximate surface area is 111 Å². The first-order valence-corrected chi connectivity index (χ1v) is 6.22. The monoisotopic (exact) mass is 269 g/mol. The first kappa shape index (κ1) is 13.1. The number of nitro benzene ring substituents is 1. The molecule has 1 fully saturated rings. The maximum atomic E-state index is 10.7. The Balaban J connectivity index is 2.20. The number of hydrogen-bond acceptors (Lipinski definition) is 4. The first-order chi connectivity index (χ1) is 8.49. The van der Waals surface area contributed by atoms with Crippen LogP contribution in [0.15, 0.2) is 18.2 Å². The van der Waals surface area contributed by atoms with E-state index in [1.807, 2.05) is 7.05 Å². The van der Waals surface area contributed by atoms with Crippen LogP contribution in [-0.2, 0) is 0 Å². The van der Waals surface area contributed by atoms with Gasteiger partial charge in [0.05, 0.1) is 15.6 Å². The van der Waals surface area contributed by atoms with Crippen LogP contribution in [0.1, 0.15) is 6.42 Å². The maximum absolute atomic E-state index is 10.7. The van der Waals surface area contributed by atoms with Gasteiger partial charge in [-0.25, -0.2) is 0 Å². The summed E-state index contributed by atoms with van der Waals surface area (Å²) < 4.78 is 0. The maximum Gasteiger partial charge on any atom is 0.271 e. The van der Waals surface area contributed by atoms with Crippen molar-refractivity contribution in [3.8, 4) is 0 Å². The minimum Gasteiger partial charge on any atom is -0.369 e. The van der Waals surface area contributed by atoms with E-state index in [9.17, 15) is 10.1 Å². The van der Waals surface area contributed by atoms with Crippen molar-refractivity contribution in [2.75, 3.05) is 32.1 Å². The molecular formula is C12H16ClN3O2. The fourth-order valence-corrected chi connectivity index (χ4v) is 2.63. The Morgan fingerprint density at radius 1 is 1.56 bits per heavy atom. The van der Waals surface area contributed by atoms with Crippen LogP contribution in [0.5, 0.6) is 0 Å². The lowest BCUT2D eigenvalue weighted by Gasteiger charge is -2.27. The van der Waals surface area contributed by atoms with Crippen LogP contribution in [0.25, 0.3) is 0 Å². The molecule has 0 bridgehead atoms. The molecule has 0 radical (unpaired) electrons. The SMILES string of the molecule is CN1CCC(N(C)c2ccc([N+](=O)[O-])cc2Cl)C1. The molecular weight excluding hydrogens is 254 g/mol. The molecule has 1 atom stereocenters. The number of nitrogens with zero attached hydrogens (tertiary/aromatic N) is 3. The molecule has 0 aromatic heterocycles. The summed E-state index contributed by atoms with van der Waals surface area (Å²) in [6, 6.07) is 5.04. The molecule has 1 unspecified atom stereocenters. The van der Waals surface area contributed by atoms with E-state index < -0.39 is 4.92 Å². The van der Waals surface area contributed by atoms with Crippen LogP contribution < -0.4 is 4.90 Å². The van der Waals surface area contributed by atoms with Crippen LogP contribution in [-0.4, -0.2) is 43.0 Å². The van der Waals surface area contributed by atoms with Gasteiger partial charge < -0.3 is 9.80 Å². The normalized spacial score (nSPS) is 20.1. The third kappa shape index (κ3) is 2.57. The van der Waals surface area contributed by atoms with Gasteiger partial charge in [0.1, 0.15) is 0 Å². The van der Waals surface area contributed by atoms with Gasteiger partial charge in [-0.3, -0.25) is 10.1 Å². The molecule has 1 aliphatic rings. The summed E-state index contributed by atoms with van der Waals surface area (Å²) in [6.07, 6.45) is 1.08. The van der Waals surface area contributed by atoms with Crippen molar-refractivity contribution in [1.29, 1.82) is 0 Å². The summed E-state index contributed by atoms with van der Waals surface area (Å²) in [5.74, 6) is 0. The van der Waals surface area contributed by atoms with E-state index in [0.29, 0.717) is 11.1 Å². The summed E-state index contributed by atoms with van der Waals surface area (Å²) in [5, 5.41) is 11.1. The van der Waals surface area contributed by atoms with Crippen LogP contribution >= 0.6 is 11.6 Å². The van der Waals surface area contributed by atoms with E-state index in [1.54, 1.807) is 6.07 Å². The minimum absolute atomic E-state index is 0.0284. The Hall–Kier alpha value is -1.33. The highest BCUT2D eigenvalue weighted by Crippen LogP contribution is 2.31. The predicted octanol–water partition coefficient (Wildman–Crippen LogP) is 2.39. The molecule has 1 heterocycles. The lowest BCUT2D eigenvalue weighted by atomic mass is 10.2. The van der Waals surface area contributed by atoms with Crippen molar-refractivity contribution >= 4 is 23.0 Å². The number of rotatable bonds is 3. The van der Waals surface area contributed by atoms with Gasteiger partial charge in [0.2, 0.25) is 0 Å². The van der Waals surface area contributed by atoms with Gasteiger partial charge >= 0.3 is 0 Å². The third-order valence-electron chi connectivity index (χ3n) is 3.44. The second kappa shape index (κ2) is 5.12. The largest absolute Gasteiger partial charge is 0.369 e. The van der Waals surface area contributed by atoms with Gasteiger partial charge in [0.25, 0.3) is 5.69 Å². The number of nitro groups is 1. The summed E-state index contributed by atoms with van der Waals surface area (Å²) >= 11 is 6.12. The van der Waals surface area contributed by atoms with Gasteiger partial charge in [0.15, 0.2) is 0 Å². The molecule has 5 nitrogen and oxygen atoms in total. The van der Waals surface area contributed by atoms with E-state index in [2.05, 4.69) is 16.8 Å². The average Bonchev–Trinajstić information content (AvgIpc) is 2.74. The number of likely N-dealkylation sites (N-methyl/N-ethyl adjacent to an activating group) is 2. The molecule has 1 aromatic rings. The number of non-ortho nitro benzene ring substituents is 1. The summed E-state index contributed by atoms with van der Waals surface area (Å²) in [4.78, 5) is 14.6. The molecule has 0 aliphatic carbocycles. The van der Waals surface area contributed by atoms with E-state index in [1.165, 1.54) is 12.1 Å². The van der Waals surface area contributed by atoms with Crippen molar-refractivity contribution < 1.29 is 4.92 Å². The van der Waals surface area contributed by atoms with Crippen molar-refractivity contribution in [1.82, 2.24) is 4.90 Å². The molecule has 0 spiro atoms. The Bertz CT molecular complexity index is 467. The van der Waals surface area contributed by atoms with E-state index in [0.717, 1.165) is 25.2 Å². The highest BCUT2D eigenvalue weighted by atomic mass is 35.5. The van der Waals surface area contributed by atoms with Gasteiger partial charge in [-0.05, 0) is 26.1 Å². The van der Waals surface area contributed by atoms with Crippen LogP contribution in [0.3, 0.4) is 0 Å². The molecule has 6 heteroatoms. The quantitative estimate of drug-likeness (QED) is 0.624. The molecule has 2 rings (SSSR count). The Kier molecular flexibility index (Phi) is 3.73. The van der Waals surface area contributed by atoms with E-state index in [-0.39, 0.29) is 5.69 Å². The fraction of sp³-hybridized carbons (Fsp3) is 0.500. The lowest BCUT2D eigenvalue weighted by Crippen LogP contribution is -2.33. The van der Waals surface area contributed by atoms with Crippen LogP contribution in [0.4, 0.5) is 11.4 Å². The van der Waals surface area contributed by atoms with Crippen molar-refractivity contribution in [2.24, 2.45) is 0 Å². The second-order valence-electron chi connectivity index (χ2n) is 4.71. The zero-order chi connectivity index (χ0) is 13.3. The van der Waals surface area contributed by atoms with Gasteiger partial charge in [0, 0.05) is 31.8 Å². The summed E-state index contributed by atoms with van der Waals surface area (Å²) in [7, 11) is 4.07. The molecule has 0 amide bonds. The standard InChI is InChI=1S/C12H16ClN3O2/c1-14-6-5-10(8-14)15(2)12-4-3-9(16(17)18)7-11(12)13/h3-4,7,10H,5-6,8H2,1-2H3. The molecule has 1 aliphatic heterocycles. The van der Waals surface area contributed by atoms with E-state index in [4.69, 9.17) is 11.6 Å². The van der Waals surface area contributed by atoms with Crippen molar-refractivity contribution in [3.63, 3.8) is 0 Å².